The second-order valence-corrected chi connectivity index (χ2v) is 4.50. The second kappa shape index (κ2) is 6.41. The molecule has 2 nitrogen and oxygen atoms in total. The number of aliphatic hydroxyl groups excluding tert-OH is 1. The summed E-state index contributed by atoms with van der Waals surface area (Å²) in [4.78, 5) is 0. The van der Waals surface area contributed by atoms with Crippen molar-refractivity contribution < 1.29 is 18.3 Å². The Morgan fingerprint density at radius 3 is 2.61 bits per heavy atom. The molecule has 0 bridgehead atoms. The highest BCUT2D eigenvalue weighted by Crippen LogP contribution is 2.35. The highest BCUT2D eigenvalue weighted by Gasteiger charge is 2.33. The van der Waals surface area contributed by atoms with Crippen molar-refractivity contribution in [2.24, 2.45) is 0 Å². The predicted octanol–water partition coefficient (Wildman–Crippen LogP) is 2.87. The molecule has 102 valence electrons. The van der Waals surface area contributed by atoms with Gasteiger partial charge in [0.05, 0.1) is 17.2 Å². The molecule has 0 amide bonds. The lowest BCUT2D eigenvalue weighted by Crippen LogP contribution is -2.30. The van der Waals surface area contributed by atoms with Crippen LogP contribution in [0.4, 0.5) is 13.2 Å². The van der Waals surface area contributed by atoms with Gasteiger partial charge in [0.2, 0.25) is 0 Å². The number of nitrogens with one attached hydrogen (secondary N) is 1. The largest absolute Gasteiger partial charge is 0.417 e. The van der Waals surface area contributed by atoms with Crippen molar-refractivity contribution in [3.8, 4) is 0 Å². The molecule has 2 N–H and O–H groups in total. The molecule has 0 saturated heterocycles. The number of hydrogen-bond acceptors (Lipinski definition) is 2. The smallest absolute Gasteiger partial charge is 0.395 e. The van der Waals surface area contributed by atoms with Crippen LogP contribution in [0.1, 0.15) is 18.1 Å². The fourth-order valence-electron chi connectivity index (χ4n) is 1.65. The van der Waals surface area contributed by atoms with Gasteiger partial charge in [-0.15, -0.1) is 0 Å². The van der Waals surface area contributed by atoms with E-state index in [4.69, 9.17) is 16.7 Å². The minimum absolute atomic E-state index is 0.00123. The van der Waals surface area contributed by atoms with E-state index in [1.165, 1.54) is 6.07 Å². The summed E-state index contributed by atoms with van der Waals surface area (Å²) in [7, 11) is 0. The van der Waals surface area contributed by atoms with Gasteiger partial charge in [-0.1, -0.05) is 17.7 Å². The van der Waals surface area contributed by atoms with E-state index in [1.807, 2.05) is 6.92 Å². The van der Waals surface area contributed by atoms with Crippen LogP contribution in [0, 0.1) is 0 Å². The summed E-state index contributed by atoms with van der Waals surface area (Å²) in [5.41, 5.74) is -0.249. The summed E-state index contributed by atoms with van der Waals surface area (Å²) in [6.45, 7) is 2.26. The minimum atomic E-state index is -4.44. The maximum absolute atomic E-state index is 12.6. The Kier molecular flexibility index (Phi) is 5.44. The molecule has 18 heavy (non-hydrogen) atoms. The van der Waals surface area contributed by atoms with Gasteiger partial charge in [0, 0.05) is 12.6 Å². The van der Waals surface area contributed by atoms with E-state index in [1.54, 1.807) is 6.07 Å². The fraction of sp³-hybridized carbons (Fsp3) is 0.500. The van der Waals surface area contributed by atoms with Gasteiger partial charge in [0.15, 0.2) is 0 Å². The lowest BCUT2D eigenvalue weighted by molar-refractivity contribution is -0.137. The Hall–Kier alpha value is -0.780. The summed E-state index contributed by atoms with van der Waals surface area (Å²) < 4.78 is 37.9. The van der Waals surface area contributed by atoms with E-state index >= 15 is 0 Å². The molecule has 0 aliphatic carbocycles. The number of alkyl halides is 3. The molecule has 6 heteroatoms. The fourth-order valence-corrected chi connectivity index (χ4v) is 1.88. The van der Waals surface area contributed by atoms with Crippen molar-refractivity contribution >= 4 is 11.6 Å². The molecular weight excluding hydrogens is 267 g/mol. The second-order valence-electron chi connectivity index (χ2n) is 4.09. The first-order chi connectivity index (χ1) is 8.34. The van der Waals surface area contributed by atoms with E-state index in [9.17, 15) is 13.2 Å². The van der Waals surface area contributed by atoms with Crippen LogP contribution >= 0.6 is 11.6 Å². The first kappa shape index (κ1) is 15.3. The molecule has 0 fully saturated rings. The van der Waals surface area contributed by atoms with Crippen LogP contribution in [0.3, 0.4) is 0 Å². The third kappa shape index (κ3) is 4.48. The van der Waals surface area contributed by atoms with E-state index in [0.29, 0.717) is 18.5 Å². The Bertz CT molecular complexity index is 395. The molecule has 1 unspecified atom stereocenters. The number of hydrogen-bond donors (Lipinski definition) is 2. The molecule has 0 aliphatic rings. The van der Waals surface area contributed by atoms with E-state index in [0.717, 1.165) is 6.07 Å². The zero-order valence-corrected chi connectivity index (χ0v) is 10.6. The number of rotatable bonds is 5. The lowest BCUT2D eigenvalue weighted by atomic mass is 10.0. The van der Waals surface area contributed by atoms with Gasteiger partial charge in [-0.25, -0.2) is 0 Å². The lowest BCUT2D eigenvalue weighted by Gasteiger charge is -2.15. The molecule has 1 atom stereocenters. The van der Waals surface area contributed by atoms with E-state index < -0.39 is 11.7 Å². The molecule has 0 saturated carbocycles. The number of benzene rings is 1. The van der Waals surface area contributed by atoms with Crippen LogP contribution in [0.2, 0.25) is 5.02 Å². The van der Waals surface area contributed by atoms with Gasteiger partial charge in [-0.3, -0.25) is 0 Å². The normalized spacial score (nSPS) is 13.7. The van der Waals surface area contributed by atoms with Crippen molar-refractivity contribution in [2.45, 2.75) is 25.6 Å². The molecule has 0 radical (unpaired) electrons. The third-order valence-corrected chi connectivity index (χ3v) is 2.81. The average Bonchev–Trinajstić information content (AvgIpc) is 2.27. The highest BCUT2D eigenvalue weighted by atomic mass is 35.5. The Morgan fingerprint density at radius 1 is 1.39 bits per heavy atom. The van der Waals surface area contributed by atoms with E-state index in [-0.39, 0.29) is 17.7 Å². The Balaban J connectivity index is 2.79. The van der Waals surface area contributed by atoms with Crippen LogP contribution in [0.5, 0.6) is 0 Å². The molecule has 0 heterocycles. The standard InChI is InChI=1S/C12H15ClF3NO/c1-8(17-4-5-18)6-9-2-3-11(13)10(7-9)12(14,15)16/h2-3,7-8,17-18H,4-6H2,1H3. The summed E-state index contributed by atoms with van der Waals surface area (Å²) in [6, 6.07) is 3.89. The highest BCUT2D eigenvalue weighted by molar-refractivity contribution is 6.31. The quantitative estimate of drug-likeness (QED) is 0.870. The molecular formula is C12H15ClF3NO. The number of aliphatic hydroxyl groups is 1. The molecule has 0 aliphatic heterocycles. The van der Waals surface area contributed by atoms with Gasteiger partial charge in [-0.05, 0) is 31.0 Å². The molecule has 1 aromatic rings. The van der Waals surface area contributed by atoms with Crippen molar-refractivity contribution in [3.63, 3.8) is 0 Å². The van der Waals surface area contributed by atoms with E-state index in [2.05, 4.69) is 5.32 Å². The zero-order chi connectivity index (χ0) is 13.8. The maximum Gasteiger partial charge on any atom is 0.417 e. The van der Waals surface area contributed by atoms with Crippen LogP contribution < -0.4 is 5.32 Å². The average molecular weight is 282 g/mol. The first-order valence-corrected chi connectivity index (χ1v) is 5.92. The zero-order valence-electron chi connectivity index (χ0n) is 9.89. The minimum Gasteiger partial charge on any atom is -0.395 e. The monoisotopic (exact) mass is 281 g/mol. The molecule has 1 aromatic carbocycles. The summed E-state index contributed by atoms with van der Waals surface area (Å²) in [5, 5.41) is 11.3. The number of halogens is 4. The van der Waals surface area contributed by atoms with Gasteiger partial charge in [0.1, 0.15) is 0 Å². The van der Waals surface area contributed by atoms with Crippen LogP contribution in [-0.4, -0.2) is 24.3 Å². The Labute approximate surface area is 109 Å². The maximum atomic E-state index is 12.6. The van der Waals surface area contributed by atoms with Crippen LogP contribution in [0.15, 0.2) is 18.2 Å². The molecule has 1 rings (SSSR count). The van der Waals surface area contributed by atoms with Crippen molar-refractivity contribution in [1.82, 2.24) is 5.32 Å². The van der Waals surface area contributed by atoms with Gasteiger partial charge in [0.25, 0.3) is 0 Å². The Morgan fingerprint density at radius 2 is 2.06 bits per heavy atom. The van der Waals surface area contributed by atoms with Gasteiger partial charge < -0.3 is 10.4 Å². The van der Waals surface area contributed by atoms with Crippen LogP contribution in [0.25, 0.3) is 0 Å². The van der Waals surface area contributed by atoms with Crippen molar-refractivity contribution in [1.29, 1.82) is 0 Å². The summed E-state index contributed by atoms with van der Waals surface area (Å²) >= 11 is 5.53. The SMILES string of the molecule is CC(Cc1ccc(Cl)c(C(F)(F)F)c1)NCCO. The van der Waals surface area contributed by atoms with Gasteiger partial charge >= 0.3 is 6.18 Å². The first-order valence-electron chi connectivity index (χ1n) is 5.54. The van der Waals surface area contributed by atoms with Crippen LogP contribution in [-0.2, 0) is 12.6 Å². The van der Waals surface area contributed by atoms with Crippen molar-refractivity contribution in [3.05, 3.63) is 34.3 Å². The molecule has 0 aromatic heterocycles. The summed E-state index contributed by atoms with van der Waals surface area (Å²) in [5.74, 6) is 0. The van der Waals surface area contributed by atoms with Gasteiger partial charge in [-0.2, -0.15) is 13.2 Å². The predicted molar refractivity (Wildman–Crippen MR) is 64.7 cm³/mol. The topological polar surface area (TPSA) is 32.3 Å². The molecule has 0 spiro atoms. The summed E-state index contributed by atoms with van der Waals surface area (Å²) in [6.07, 6.45) is -3.99. The third-order valence-electron chi connectivity index (χ3n) is 2.48. The van der Waals surface area contributed by atoms with Crippen molar-refractivity contribution in [2.75, 3.05) is 13.2 Å².